The summed E-state index contributed by atoms with van der Waals surface area (Å²) < 4.78 is 4.39. The van der Waals surface area contributed by atoms with Gasteiger partial charge in [-0.1, -0.05) is 5.21 Å². The van der Waals surface area contributed by atoms with Crippen LogP contribution in [0.1, 0.15) is 10.5 Å². The molecule has 0 N–H and O–H groups in total. The summed E-state index contributed by atoms with van der Waals surface area (Å²) in [7, 11) is 1.75. The van der Waals surface area contributed by atoms with Crippen molar-refractivity contribution in [2.45, 2.75) is 6.54 Å². The number of rotatable bonds is 3. The summed E-state index contributed by atoms with van der Waals surface area (Å²) in [5.41, 5.74) is 0.405. The zero-order valence-corrected chi connectivity index (χ0v) is 12.0. The summed E-state index contributed by atoms with van der Waals surface area (Å²) >= 11 is 3.36. The molecule has 2 aromatic heterocycles. The number of hydrogen-bond acceptors (Lipinski definition) is 4. The third kappa shape index (κ3) is 2.53. The van der Waals surface area contributed by atoms with Crippen molar-refractivity contribution in [1.29, 1.82) is 0 Å². The largest absolute Gasteiger partial charge is 0.336 e. The predicted molar refractivity (Wildman–Crippen MR) is 70.3 cm³/mol. The number of nitrogens with zero attached hydrogens (tertiary/aromatic N) is 6. The third-order valence-corrected chi connectivity index (χ3v) is 3.52. The topological polar surface area (TPSA) is 68.8 Å². The number of carbonyl (C=O) groups excluding carboxylic acids is 1. The van der Waals surface area contributed by atoms with E-state index in [2.05, 4.69) is 31.3 Å². The average molecular weight is 325 g/mol. The van der Waals surface area contributed by atoms with E-state index >= 15 is 0 Å². The molecule has 1 aliphatic heterocycles. The first kappa shape index (κ1) is 12.3. The Hall–Kier alpha value is -1.70. The van der Waals surface area contributed by atoms with Gasteiger partial charge >= 0.3 is 0 Å². The molecule has 8 heteroatoms. The molecular formula is C11H13BrN6O. The number of amides is 1. The third-order valence-electron chi connectivity index (χ3n) is 3.11. The monoisotopic (exact) mass is 324 g/mol. The molecule has 1 saturated heterocycles. The molecule has 0 bridgehead atoms. The van der Waals surface area contributed by atoms with E-state index in [0.29, 0.717) is 11.6 Å². The van der Waals surface area contributed by atoms with Crippen molar-refractivity contribution in [1.82, 2.24) is 29.7 Å². The molecule has 1 fully saturated rings. The highest BCUT2D eigenvalue weighted by atomic mass is 79.9. The maximum atomic E-state index is 12.0. The predicted octanol–water partition coefficient (Wildman–Crippen LogP) is 0.546. The minimum atomic E-state index is -0.0500. The van der Waals surface area contributed by atoms with Gasteiger partial charge in [-0.25, -0.2) is 0 Å². The lowest BCUT2D eigenvalue weighted by atomic mass is 10.00. The molecule has 100 valence electrons. The summed E-state index contributed by atoms with van der Waals surface area (Å²) in [6.07, 6.45) is 5.34. The summed E-state index contributed by atoms with van der Waals surface area (Å²) in [5, 5.41) is 11.8. The normalized spacial score (nSPS) is 15.6. The van der Waals surface area contributed by atoms with Crippen LogP contribution >= 0.6 is 15.9 Å². The summed E-state index contributed by atoms with van der Waals surface area (Å²) in [6.45, 7) is 2.32. The highest BCUT2D eigenvalue weighted by Gasteiger charge is 2.32. The highest BCUT2D eigenvalue weighted by Crippen LogP contribution is 2.20. The number of likely N-dealkylation sites (tertiary alicyclic amines) is 1. The van der Waals surface area contributed by atoms with Crippen LogP contribution < -0.4 is 0 Å². The Bertz CT molecular complexity index is 600. The van der Waals surface area contributed by atoms with Crippen LogP contribution in [0.4, 0.5) is 0 Å². The van der Waals surface area contributed by atoms with Gasteiger partial charge in [0, 0.05) is 38.8 Å². The number of halogens is 1. The fourth-order valence-electron chi connectivity index (χ4n) is 2.16. The van der Waals surface area contributed by atoms with E-state index in [1.54, 1.807) is 24.3 Å². The molecule has 1 aliphatic rings. The molecule has 0 atom stereocenters. The van der Waals surface area contributed by atoms with Crippen LogP contribution in [0, 0.1) is 5.92 Å². The highest BCUT2D eigenvalue weighted by molar-refractivity contribution is 9.10. The Kier molecular flexibility index (Phi) is 3.09. The fraction of sp³-hybridized carbons (Fsp3) is 0.455. The second-order valence-corrected chi connectivity index (χ2v) is 5.65. The number of aromatic nitrogens is 5. The standard InChI is InChI=1S/C11H13BrN6O/c1-16-7-10(14-15-16)11(19)17-3-8(4-17)5-18-6-9(12)2-13-18/h2,6-8H,3-5H2,1H3. The first-order valence-corrected chi connectivity index (χ1v) is 6.74. The zero-order chi connectivity index (χ0) is 13.4. The summed E-state index contributed by atoms with van der Waals surface area (Å²) in [5.74, 6) is 0.401. The molecule has 0 radical (unpaired) electrons. The Morgan fingerprint density at radius 1 is 1.47 bits per heavy atom. The molecule has 1 amide bonds. The van der Waals surface area contributed by atoms with Crippen LogP contribution in [-0.4, -0.2) is 48.7 Å². The van der Waals surface area contributed by atoms with Gasteiger partial charge in [-0.2, -0.15) is 5.10 Å². The summed E-state index contributed by atoms with van der Waals surface area (Å²) in [6, 6.07) is 0. The molecule has 3 heterocycles. The Labute approximate surface area is 118 Å². The van der Waals surface area contributed by atoms with Crippen LogP contribution in [0.25, 0.3) is 0 Å². The lowest BCUT2D eigenvalue weighted by molar-refractivity contribution is 0.0455. The van der Waals surface area contributed by atoms with Crippen molar-refractivity contribution < 1.29 is 4.79 Å². The minimum absolute atomic E-state index is 0.0500. The lowest BCUT2D eigenvalue weighted by Crippen LogP contribution is -2.51. The van der Waals surface area contributed by atoms with E-state index in [4.69, 9.17) is 0 Å². The fourth-order valence-corrected chi connectivity index (χ4v) is 2.49. The van der Waals surface area contributed by atoms with Crippen molar-refractivity contribution in [2.75, 3.05) is 13.1 Å². The van der Waals surface area contributed by atoms with E-state index in [1.807, 2.05) is 10.9 Å². The van der Waals surface area contributed by atoms with Gasteiger partial charge < -0.3 is 4.90 Å². The van der Waals surface area contributed by atoms with Crippen LogP contribution in [0.15, 0.2) is 23.1 Å². The van der Waals surface area contributed by atoms with Crippen molar-refractivity contribution >= 4 is 21.8 Å². The minimum Gasteiger partial charge on any atom is -0.336 e. The second-order valence-electron chi connectivity index (χ2n) is 4.73. The van der Waals surface area contributed by atoms with Crippen molar-refractivity contribution in [3.05, 3.63) is 28.8 Å². The Morgan fingerprint density at radius 2 is 2.26 bits per heavy atom. The molecule has 2 aromatic rings. The number of carbonyl (C=O) groups is 1. The number of hydrogen-bond donors (Lipinski definition) is 0. The Balaban J connectivity index is 1.54. The van der Waals surface area contributed by atoms with E-state index < -0.39 is 0 Å². The first-order chi connectivity index (χ1) is 9.11. The SMILES string of the molecule is Cn1cc(C(=O)N2CC(Cn3cc(Br)cn3)C2)nn1. The molecule has 0 saturated carbocycles. The van der Waals surface area contributed by atoms with Crippen LogP contribution in [0.5, 0.6) is 0 Å². The molecule has 19 heavy (non-hydrogen) atoms. The van der Waals surface area contributed by atoms with Gasteiger partial charge in [-0.05, 0) is 15.9 Å². The van der Waals surface area contributed by atoms with E-state index in [1.165, 1.54) is 4.68 Å². The average Bonchev–Trinajstić information content (AvgIpc) is 2.91. The van der Waals surface area contributed by atoms with Gasteiger partial charge in [-0.3, -0.25) is 14.2 Å². The zero-order valence-electron chi connectivity index (χ0n) is 10.4. The maximum absolute atomic E-state index is 12.0. The van der Waals surface area contributed by atoms with Gasteiger partial charge in [-0.15, -0.1) is 5.10 Å². The lowest BCUT2D eigenvalue weighted by Gasteiger charge is -2.38. The van der Waals surface area contributed by atoms with Crippen LogP contribution in [0.3, 0.4) is 0 Å². The van der Waals surface area contributed by atoms with Crippen molar-refractivity contribution in [3.8, 4) is 0 Å². The molecule has 0 aliphatic carbocycles. The van der Waals surface area contributed by atoms with Gasteiger partial charge in [0.25, 0.3) is 5.91 Å². The van der Waals surface area contributed by atoms with Gasteiger partial charge in [0.1, 0.15) is 0 Å². The van der Waals surface area contributed by atoms with Crippen molar-refractivity contribution in [2.24, 2.45) is 13.0 Å². The molecule has 3 rings (SSSR count). The molecular weight excluding hydrogens is 312 g/mol. The van der Waals surface area contributed by atoms with Crippen LogP contribution in [-0.2, 0) is 13.6 Å². The second kappa shape index (κ2) is 4.76. The molecule has 7 nitrogen and oxygen atoms in total. The smallest absolute Gasteiger partial charge is 0.276 e. The van der Waals surface area contributed by atoms with Gasteiger partial charge in [0.2, 0.25) is 0 Å². The summed E-state index contributed by atoms with van der Waals surface area (Å²) in [4.78, 5) is 13.8. The number of aryl methyl sites for hydroxylation is 1. The van der Waals surface area contributed by atoms with E-state index in [9.17, 15) is 4.79 Å². The molecule has 0 unspecified atom stereocenters. The quantitative estimate of drug-likeness (QED) is 0.826. The van der Waals surface area contributed by atoms with E-state index in [-0.39, 0.29) is 5.91 Å². The first-order valence-electron chi connectivity index (χ1n) is 5.95. The Morgan fingerprint density at radius 3 is 2.84 bits per heavy atom. The molecule has 0 spiro atoms. The van der Waals surface area contributed by atoms with Crippen molar-refractivity contribution in [3.63, 3.8) is 0 Å². The molecule has 0 aromatic carbocycles. The van der Waals surface area contributed by atoms with E-state index in [0.717, 1.165) is 24.1 Å². The maximum Gasteiger partial charge on any atom is 0.276 e. The van der Waals surface area contributed by atoms with Crippen LogP contribution in [0.2, 0.25) is 0 Å². The van der Waals surface area contributed by atoms with Gasteiger partial charge in [0.05, 0.1) is 16.9 Å². The van der Waals surface area contributed by atoms with Gasteiger partial charge in [0.15, 0.2) is 5.69 Å².